The number of nitrogens with zero attached hydrogens (tertiary/aromatic N) is 1. The lowest BCUT2D eigenvalue weighted by Crippen LogP contribution is -2.11. The van der Waals surface area contributed by atoms with Crippen molar-refractivity contribution in [3.8, 4) is 6.07 Å². The highest BCUT2D eigenvalue weighted by Gasteiger charge is 2.13. The summed E-state index contributed by atoms with van der Waals surface area (Å²) >= 11 is 0. The van der Waals surface area contributed by atoms with E-state index in [0.717, 1.165) is 17.5 Å². The number of esters is 1. The van der Waals surface area contributed by atoms with Gasteiger partial charge in [-0.3, -0.25) is 4.79 Å². The zero-order chi connectivity index (χ0) is 12.8. The first-order valence-electron chi connectivity index (χ1n) is 5.48. The number of ether oxygens (including phenoxy) is 1. The van der Waals surface area contributed by atoms with Gasteiger partial charge in [-0.05, 0) is 23.1 Å². The molecule has 90 valence electrons. The summed E-state index contributed by atoms with van der Waals surface area (Å²) in [4.78, 5) is 11.2. The number of hydrogen-bond acceptors (Lipinski definition) is 4. The minimum absolute atomic E-state index is 0.108. The second-order valence-corrected chi connectivity index (χ2v) is 3.66. The number of methoxy groups -OCH3 is 1. The summed E-state index contributed by atoms with van der Waals surface area (Å²) in [5.74, 6) is -0.353. The predicted octanol–water partition coefficient (Wildman–Crippen LogP) is 1.29. The first-order chi connectivity index (χ1) is 8.17. The molecule has 0 fully saturated rings. The molecule has 0 aliphatic rings. The Kier molecular flexibility index (Phi) is 4.68. The van der Waals surface area contributed by atoms with Crippen LogP contribution in [0, 0.1) is 11.3 Å². The Bertz CT molecular complexity index is 461. The lowest BCUT2D eigenvalue weighted by atomic mass is 9.94. The van der Waals surface area contributed by atoms with E-state index in [1.54, 1.807) is 6.07 Å². The highest BCUT2D eigenvalue weighted by Crippen LogP contribution is 2.20. The molecule has 0 heterocycles. The van der Waals surface area contributed by atoms with E-state index < -0.39 is 0 Å². The number of rotatable bonds is 4. The first-order valence-corrected chi connectivity index (χ1v) is 5.48. The van der Waals surface area contributed by atoms with E-state index in [9.17, 15) is 10.1 Å². The van der Waals surface area contributed by atoms with Crippen molar-refractivity contribution >= 4 is 5.97 Å². The SMILES string of the molecule is CCc1ccc(CC(=O)OC)c(C#N)c1CN. The Morgan fingerprint density at radius 3 is 2.59 bits per heavy atom. The fraction of sp³-hybridized carbons (Fsp3) is 0.385. The van der Waals surface area contributed by atoms with Crippen molar-refractivity contribution in [2.24, 2.45) is 5.73 Å². The maximum absolute atomic E-state index is 11.2. The molecule has 17 heavy (non-hydrogen) atoms. The van der Waals surface area contributed by atoms with E-state index in [4.69, 9.17) is 5.73 Å². The van der Waals surface area contributed by atoms with E-state index in [2.05, 4.69) is 10.8 Å². The average Bonchev–Trinajstić information content (AvgIpc) is 2.37. The molecule has 4 heteroatoms. The average molecular weight is 232 g/mol. The highest BCUT2D eigenvalue weighted by molar-refractivity contribution is 5.74. The molecule has 0 amide bonds. The Balaban J connectivity index is 3.24. The number of carbonyl (C=O) groups is 1. The monoisotopic (exact) mass is 232 g/mol. The van der Waals surface area contributed by atoms with Gasteiger partial charge < -0.3 is 10.5 Å². The zero-order valence-electron chi connectivity index (χ0n) is 10.1. The molecule has 4 nitrogen and oxygen atoms in total. The van der Waals surface area contributed by atoms with Crippen LogP contribution in [0.4, 0.5) is 0 Å². The van der Waals surface area contributed by atoms with Gasteiger partial charge in [0.1, 0.15) is 0 Å². The molecule has 0 radical (unpaired) electrons. The molecule has 0 aliphatic carbocycles. The molecule has 1 aromatic carbocycles. The van der Waals surface area contributed by atoms with Gasteiger partial charge in [0.2, 0.25) is 0 Å². The van der Waals surface area contributed by atoms with Gasteiger partial charge in [0.05, 0.1) is 25.2 Å². The summed E-state index contributed by atoms with van der Waals surface area (Å²) < 4.78 is 4.60. The number of benzene rings is 1. The van der Waals surface area contributed by atoms with Gasteiger partial charge in [-0.25, -0.2) is 0 Å². The minimum atomic E-state index is -0.353. The number of nitriles is 1. The van der Waals surface area contributed by atoms with Crippen molar-refractivity contribution in [1.29, 1.82) is 5.26 Å². The number of aryl methyl sites for hydroxylation is 1. The molecule has 0 bridgehead atoms. The second-order valence-electron chi connectivity index (χ2n) is 3.66. The van der Waals surface area contributed by atoms with Crippen molar-refractivity contribution in [3.63, 3.8) is 0 Å². The lowest BCUT2D eigenvalue weighted by Gasteiger charge is -2.11. The van der Waals surface area contributed by atoms with Gasteiger partial charge in [-0.2, -0.15) is 5.26 Å². The van der Waals surface area contributed by atoms with Gasteiger partial charge in [0.25, 0.3) is 0 Å². The maximum atomic E-state index is 11.2. The third-order valence-corrected chi connectivity index (χ3v) is 2.76. The molecular formula is C13H16N2O2. The van der Waals surface area contributed by atoms with Crippen LogP contribution < -0.4 is 5.73 Å². The fourth-order valence-electron chi connectivity index (χ4n) is 1.82. The quantitative estimate of drug-likeness (QED) is 0.794. The topological polar surface area (TPSA) is 76.1 Å². The van der Waals surface area contributed by atoms with Crippen LogP contribution in [0.3, 0.4) is 0 Å². The summed E-state index contributed by atoms with van der Waals surface area (Å²) in [5.41, 5.74) is 8.74. The van der Waals surface area contributed by atoms with E-state index in [1.807, 2.05) is 13.0 Å². The van der Waals surface area contributed by atoms with E-state index in [-0.39, 0.29) is 12.4 Å². The van der Waals surface area contributed by atoms with E-state index >= 15 is 0 Å². The number of carbonyl (C=O) groups excluding carboxylic acids is 1. The van der Waals surface area contributed by atoms with E-state index in [0.29, 0.717) is 17.7 Å². The van der Waals surface area contributed by atoms with Crippen molar-refractivity contribution in [3.05, 3.63) is 34.4 Å². The van der Waals surface area contributed by atoms with Gasteiger partial charge in [0, 0.05) is 6.54 Å². The Morgan fingerprint density at radius 2 is 2.12 bits per heavy atom. The summed E-state index contributed by atoms with van der Waals surface area (Å²) in [6.07, 6.45) is 0.927. The van der Waals surface area contributed by atoms with Crippen LogP contribution in [0.1, 0.15) is 29.2 Å². The lowest BCUT2D eigenvalue weighted by molar-refractivity contribution is -0.139. The molecule has 0 aliphatic heterocycles. The maximum Gasteiger partial charge on any atom is 0.310 e. The standard InChI is InChI=1S/C13H16N2O2/c1-3-9-4-5-10(6-13(16)17-2)12(8-15)11(9)7-14/h4-5H,3,6-7,14H2,1-2H3. The molecule has 0 spiro atoms. The van der Waals surface area contributed by atoms with Crippen LogP contribution in [0.15, 0.2) is 12.1 Å². The van der Waals surface area contributed by atoms with Crippen LogP contribution in [-0.2, 0) is 28.9 Å². The Hall–Kier alpha value is -1.86. The zero-order valence-corrected chi connectivity index (χ0v) is 10.1. The smallest absolute Gasteiger partial charge is 0.310 e. The molecule has 0 aromatic heterocycles. The molecule has 1 aromatic rings. The first kappa shape index (κ1) is 13.2. The Morgan fingerprint density at radius 1 is 1.47 bits per heavy atom. The van der Waals surface area contributed by atoms with Crippen LogP contribution >= 0.6 is 0 Å². The summed E-state index contributed by atoms with van der Waals surface area (Å²) in [5, 5.41) is 9.18. The normalized spacial score (nSPS) is 9.76. The Labute approximate surface area is 101 Å². The van der Waals surface area contributed by atoms with Crippen LogP contribution in [0.25, 0.3) is 0 Å². The van der Waals surface area contributed by atoms with Crippen LogP contribution in [-0.4, -0.2) is 13.1 Å². The minimum Gasteiger partial charge on any atom is -0.469 e. The van der Waals surface area contributed by atoms with Crippen LogP contribution in [0.2, 0.25) is 0 Å². The van der Waals surface area contributed by atoms with E-state index in [1.165, 1.54) is 7.11 Å². The fourth-order valence-corrected chi connectivity index (χ4v) is 1.82. The molecule has 0 saturated heterocycles. The molecule has 0 atom stereocenters. The summed E-state index contributed by atoms with van der Waals surface area (Å²) in [6, 6.07) is 5.85. The number of hydrogen-bond donors (Lipinski definition) is 1. The summed E-state index contributed by atoms with van der Waals surface area (Å²) in [6.45, 7) is 2.32. The van der Waals surface area contributed by atoms with Gasteiger partial charge in [-0.1, -0.05) is 19.1 Å². The van der Waals surface area contributed by atoms with Crippen molar-refractivity contribution in [2.45, 2.75) is 26.3 Å². The van der Waals surface area contributed by atoms with Crippen molar-refractivity contribution in [2.75, 3.05) is 7.11 Å². The van der Waals surface area contributed by atoms with Crippen molar-refractivity contribution in [1.82, 2.24) is 0 Å². The van der Waals surface area contributed by atoms with Crippen LogP contribution in [0.5, 0.6) is 0 Å². The highest BCUT2D eigenvalue weighted by atomic mass is 16.5. The third kappa shape index (κ3) is 2.83. The van der Waals surface area contributed by atoms with Gasteiger partial charge >= 0.3 is 5.97 Å². The van der Waals surface area contributed by atoms with Gasteiger partial charge in [-0.15, -0.1) is 0 Å². The molecule has 1 rings (SSSR count). The second kappa shape index (κ2) is 6.02. The molecule has 0 saturated carbocycles. The van der Waals surface area contributed by atoms with Gasteiger partial charge in [0.15, 0.2) is 0 Å². The predicted molar refractivity (Wildman–Crippen MR) is 64.1 cm³/mol. The molecular weight excluding hydrogens is 216 g/mol. The molecule has 0 unspecified atom stereocenters. The van der Waals surface area contributed by atoms with Crippen molar-refractivity contribution < 1.29 is 9.53 Å². The number of nitrogens with two attached hydrogens (primary N) is 1. The molecule has 2 N–H and O–H groups in total. The largest absolute Gasteiger partial charge is 0.469 e. The summed E-state index contributed by atoms with van der Waals surface area (Å²) in [7, 11) is 1.33. The third-order valence-electron chi connectivity index (χ3n) is 2.76.